The van der Waals surface area contributed by atoms with Gasteiger partial charge >= 0.3 is 0 Å². The molecule has 0 radical (unpaired) electrons. The second-order valence-electron chi connectivity index (χ2n) is 14.6. The van der Waals surface area contributed by atoms with Crippen molar-refractivity contribution in [2.75, 3.05) is 4.90 Å². The predicted octanol–water partition coefficient (Wildman–Crippen LogP) is 13.9. The standard InChI is InChI=1S/C51H38N2/c1-51(2)48-15-9-8-14-45(48)46-30-29-43(34-49(46)51)53(41-25-18-36(19-26-41)35-10-4-3-5-11-35)42-27-20-38(21-28-42)37-16-23-40(24-17-37)52-33-32-47-44-13-7-6-12-39(44)22-31-50(47)52/h3-34H,1-2H3. The summed E-state index contributed by atoms with van der Waals surface area (Å²) < 4.78 is 2.28. The summed E-state index contributed by atoms with van der Waals surface area (Å²) in [5.74, 6) is 0. The van der Waals surface area contributed by atoms with Crippen LogP contribution in [0.5, 0.6) is 0 Å². The Morgan fingerprint density at radius 1 is 0.415 bits per heavy atom. The van der Waals surface area contributed by atoms with Gasteiger partial charge in [0.05, 0.1) is 5.52 Å². The van der Waals surface area contributed by atoms with Crippen LogP contribution in [0.25, 0.3) is 60.7 Å². The number of fused-ring (bicyclic) bond motifs is 6. The molecule has 2 heteroatoms. The maximum absolute atomic E-state index is 2.40. The van der Waals surface area contributed by atoms with Gasteiger partial charge in [-0.1, -0.05) is 141 Å². The van der Waals surface area contributed by atoms with Gasteiger partial charge in [0.15, 0.2) is 0 Å². The number of rotatable bonds is 6. The maximum Gasteiger partial charge on any atom is 0.0534 e. The second-order valence-corrected chi connectivity index (χ2v) is 14.6. The second kappa shape index (κ2) is 12.3. The Hall–Kier alpha value is -6.64. The minimum absolute atomic E-state index is 0.0818. The van der Waals surface area contributed by atoms with Crippen LogP contribution in [-0.2, 0) is 5.41 Å². The largest absolute Gasteiger partial charge is 0.317 e. The fraction of sp³-hybridized carbons (Fsp3) is 0.0588. The third-order valence-corrected chi connectivity index (χ3v) is 11.3. The van der Waals surface area contributed by atoms with Crippen LogP contribution in [0.15, 0.2) is 194 Å². The Labute approximate surface area is 310 Å². The number of aromatic nitrogens is 1. The molecule has 0 saturated carbocycles. The lowest BCUT2D eigenvalue weighted by atomic mass is 9.82. The average Bonchev–Trinajstić information content (AvgIpc) is 3.76. The van der Waals surface area contributed by atoms with Crippen molar-refractivity contribution in [2.24, 2.45) is 0 Å². The van der Waals surface area contributed by atoms with Gasteiger partial charge in [-0.3, -0.25) is 0 Å². The molecule has 1 aliphatic carbocycles. The van der Waals surface area contributed by atoms with E-state index in [1.54, 1.807) is 0 Å². The summed E-state index contributed by atoms with van der Waals surface area (Å²) >= 11 is 0. The molecule has 1 aliphatic rings. The highest BCUT2D eigenvalue weighted by molar-refractivity contribution is 6.07. The quantitative estimate of drug-likeness (QED) is 0.170. The van der Waals surface area contributed by atoms with E-state index in [2.05, 4.69) is 218 Å². The van der Waals surface area contributed by atoms with Gasteiger partial charge in [0, 0.05) is 39.7 Å². The topological polar surface area (TPSA) is 8.17 Å². The zero-order chi connectivity index (χ0) is 35.5. The van der Waals surface area contributed by atoms with E-state index in [9.17, 15) is 0 Å². The van der Waals surface area contributed by atoms with E-state index < -0.39 is 0 Å². The Bertz CT molecular complexity index is 2770. The van der Waals surface area contributed by atoms with Gasteiger partial charge in [-0.25, -0.2) is 0 Å². The van der Waals surface area contributed by atoms with Gasteiger partial charge < -0.3 is 9.47 Å². The Morgan fingerprint density at radius 3 is 1.70 bits per heavy atom. The number of anilines is 3. The van der Waals surface area contributed by atoms with Crippen LogP contribution >= 0.6 is 0 Å². The molecule has 2 nitrogen and oxygen atoms in total. The van der Waals surface area contributed by atoms with Crippen molar-refractivity contribution in [2.45, 2.75) is 19.3 Å². The lowest BCUT2D eigenvalue weighted by molar-refractivity contribution is 0.660. The third kappa shape index (κ3) is 5.18. The molecular formula is C51H38N2. The molecule has 8 aromatic carbocycles. The normalized spacial score (nSPS) is 12.9. The summed E-state index contributed by atoms with van der Waals surface area (Å²) in [6.45, 7) is 4.70. The summed E-state index contributed by atoms with van der Waals surface area (Å²) in [7, 11) is 0. The molecule has 0 saturated heterocycles. The molecule has 1 heterocycles. The molecule has 1 aromatic heterocycles. The predicted molar refractivity (Wildman–Crippen MR) is 224 cm³/mol. The van der Waals surface area contributed by atoms with Crippen molar-refractivity contribution >= 4 is 38.7 Å². The number of benzene rings is 8. The summed E-state index contributed by atoms with van der Waals surface area (Å²) in [4.78, 5) is 2.39. The summed E-state index contributed by atoms with van der Waals surface area (Å²) in [6, 6.07) is 68.6. The average molecular weight is 679 g/mol. The Kier molecular flexibility index (Phi) is 7.19. The van der Waals surface area contributed by atoms with E-state index >= 15 is 0 Å². The molecule has 252 valence electrons. The van der Waals surface area contributed by atoms with Gasteiger partial charge in [-0.2, -0.15) is 0 Å². The molecule has 0 unspecified atom stereocenters. The monoisotopic (exact) mass is 678 g/mol. The molecule has 9 aromatic rings. The molecule has 0 fully saturated rings. The van der Waals surface area contributed by atoms with Crippen molar-refractivity contribution in [3.8, 4) is 39.1 Å². The molecule has 0 spiro atoms. The van der Waals surface area contributed by atoms with Crippen molar-refractivity contribution in [1.82, 2.24) is 4.57 Å². The number of hydrogen-bond acceptors (Lipinski definition) is 1. The zero-order valence-corrected chi connectivity index (χ0v) is 29.9. The van der Waals surface area contributed by atoms with Crippen LogP contribution in [0, 0.1) is 0 Å². The fourth-order valence-electron chi connectivity index (χ4n) is 8.45. The smallest absolute Gasteiger partial charge is 0.0534 e. The van der Waals surface area contributed by atoms with E-state index in [1.165, 1.54) is 66.2 Å². The van der Waals surface area contributed by atoms with Crippen molar-refractivity contribution in [3.05, 3.63) is 205 Å². The summed E-state index contributed by atoms with van der Waals surface area (Å²) in [5, 5.41) is 3.83. The minimum atomic E-state index is -0.0818. The van der Waals surface area contributed by atoms with Crippen LogP contribution in [0.2, 0.25) is 0 Å². The van der Waals surface area contributed by atoms with E-state index in [-0.39, 0.29) is 5.41 Å². The molecule has 0 atom stereocenters. The van der Waals surface area contributed by atoms with E-state index in [0.717, 1.165) is 22.7 Å². The highest BCUT2D eigenvalue weighted by Crippen LogP contribution is 2.50. The SMILES string of the molecule is CC1(C)c2ccccc2-c2ccc(N(c3ccc(-c4ccccc4)cc3)c3ccc(-c4ccc(-n5ccc6c7ccccc7ccc65)cc4)cc3)cc21. The van der Waals surface area contributed by atoms with E-state index in [1.807, 2.05) is 0 Å². The summed E-state index contributed by atoms with van der Waals surface area (Å²) in [6.07, 6.45) is 2.18. The lowest BCUT2D eigenvalue weighted by Gasteiger charge is -2.28. The van der Waals surface area contributed by atoms with E-state index in [4.69, 9.17) is 0 Å². The van der Waals surface area contributed by atoms with Gasteiger partial charge in [0.2, 0.25) is 0 Å². The van der Waals surface area contributed by atoms with Crippen molar-refractivity contribution in [1.29, 1.82) is 0 Å². The van der Waals surface area contributed by atoms with Crippen LogP contribution in [-0.4, -0.2) is 4.57 Å². The molecule has 0 N–H and O–H groups in total. The molecular weight excluding hydrogens is 641 g/mol. The first-order valence-electron chi connectivity index (χ1n) is 18.4. The van der Waals surface area contributed by atoms with Gasteiger partial charge in [0.1, 0.15) is 0 Å². The first-order valence-corrected chi connectivity index (χ1v) is 18.4. The molecule has 10 rings (SSSR count). The molecule has 53 heavy (non-hydrogen) atoms. The summed E-state index contributed by atoms with van der Waals surface area (Å²) in [5.41, 5.74) is 15.9. The maximum atomic E-state index is 2.40. The Balaban J connectivity index is 1.00. The van der Waals surface area contributed by atoms with Crippen LogP contribution < -0.4 is 4.90 Å². The van der Waals surface area contributed by atoms with Crippen molar-refractivity contribution < 1.29 is 0 Å². The van der Waals surface area contributed by atoms with Crippen molar-refractivity contribution in [3.63, 3.8) is 0 Å². The fourth-order valence-corrected chi connectivity index (χ4v) is 8.45. The minimum Gasteiger partial charge on any atom is -0.317 e. The van der Waals surface area contributed by atoms with Gasteiger partial charge in [-0.05, 0) is 116 Å². The zero-order valence-electron chi connectivity index (χ0n) is 29.9. The third-order valence-electron chi connectivity index (χ3n) is 11.3. The highest BCUT2D eigenvalue weighted by Gasteiger charge is 2.35. The Morgan fingerprint density at radius 2 is 0.981 bits per heavy atom. The van der Waals surface area contributed by atoms with E-state index in [0.29, 0.717) is 0 Å². The molecule has 0 amide bonds. The highest BCUT2D eigenvalue weighted by atomic mass is 15.1. The van der Waals surface area contributed by atoms with Gasteiger partial charge in [-0.15, -0.1) is 0 Å². The molecule has 0 bridgehead atoms. The van der Waals surface area contributed by atoms with Crippen LogP contribution in [0.3, 0.4) is 0 Å². The number of nitrogens with zero attached hydrogens (tertiary/aromatic N) is 2. The molecule has 0 aliphatic heterocycles. The first-order chi connectivity index (χ1) is 26.0. The number of hydrogen-bond donors (Lipinski definition) is 0. The van der Waals surface area contributed by atoms with Crippen LogP contribution in [0.1, 0.15) is 25.0 Å². The first kappa shape index (κ1) is 31.1. The lowest BCUT2D eigenvalue weighted by Crippen LogP contribution is -2.16. The van der Waals surface area contributed by atoms with Gasteiger partial charge in [0.25, 0.3) is 0 Å². The van der Waals surface area contributed by atoms with Crippen LogP contribution in [0.4, 0.5) is 17.1 Å².